The number of hydrogen-bond donors (Lipinski definition) is 4. The van der Waals surface area contributed by atoms with E-state index in [1.807, 2.05) is 20.8 Å². The predicted molar refractivity (Wildman–Crippen MR) is 151 cm³/mol. The molecule has 0 aliphatic heterocycles. The van der Waals surface area contributed by atoms with E-state index in [4.69, 9.17) is 5.73 Å². The number of nitrogens with two attached hydrogens (primary N) is 1. The lowest BCUT2D eigenvalue weighted by molar-refractivity contribution is -0.142. The molecule has 8 nitrogen and oxygen atoms in total. The van der Waals surface area contributed by atoms with Crippen LogP contribution in [0.1, 0.15) is 56.9 Å². The average molecular weight is 579 g/mol. The van der Waals surface area contributed by atoms with Crippen molar-refractivity contribution in [2.45, 2.75) is 77.2 Å². The zero-order valence-electron chi connectivity index (χ0n) is 24.6. The number of hydrogen-bond acceptors (Lipinski definition) is 5. The summed E-state index contributed by atoms with van der Waals surface area (Å²) in [5, 5.41) is 15.9. The summed E-state index contributed by atoms with van der Waals surface area (Å²) in [6.07, 6.45) is -4.27. The lowest BCUT2D eigenvalue weighted by Gasteiger charge is -2.32. The van der Waals surface area contributed by atoms with E-state index < -0.39 is 47.6 Å². The molecule has 11 heteroatoms. The molecule has 2 rings (SSSR count). The summed E-state index contributed by atoms with van der Waals surface area (Å²) in [7, 11) is 2.99. The van der Waals surface area contributed by atoms with Gasteiger partial charge in [-0.3, -0.25) is 14.4 Å². The number of alkyl halides is 3. The molecule has 2 aromatic rings. The van der Waals surface area contributed by atoms with E-state index in [9.17, 15) is 32.7 Å². The van der Waals surface area contributed by atoms with Crippen molar-refractivity contribution in [1.82, 2.24) is 15.5 Å². The largest absolute Gasteiger partial charge is 0.508 e. The number of nitrogens with zero attached hydrogens (tertiary/aromatic N) is 1. The Labute approximate surface area is 239 Å². The van der Waals surface area contributed by atoms with Crippen LogP contribution in [0.5, 0.6) is 5.75 Å². The van der Waals surface area contributed by atoms with Gasteiger partial charge < -0.3 is 26.4 Å². The van der Waals surface area contributed by atoms with Crippen molar-refractivity contribution in [2.24, 2.45) is 11.7 Å². The van der Waals surface area contributed by atoms with Gasteiger partial charge in [-0.1, -0.05) is 58.9 Å². The van der Waals surface area contributed by atoms with Gasteiger partial charge in [-0.05, 0) is 59.7 Å². The first kappa shape index (κ1) is 33.6. The van der Waals surface area contributed by atoms with E-state index in [0.717, 1.165) is 12.1 Å². The fourth-order valence-corrected chi connectivity index (χ4v) is 4.49. The molecule has 0 bridgehead atoms. The number of benzene rings is 2. The number of rotatable bonds is 11. The third kappa shape index (κ3) is 8.94. The van der Waals surface area contributed by atoms with Crippen molar-refractivity contribution in [3.8, 4) is 5.75 Å². The quantitative estimate of drug-likeness (QED) is 0.325. The van der Waals surface area contributed by atoms with E-state index in [0.29, 0.717) is 16.7 Å². The van der Waals surface area contributed by atoms with Crippen LogP contribution in [0.4, 0.5) is 13.2 Å². The molecule has 0 aliphatic rings. The molecule has 226 valence electrons. The monoisotopic (exact) mass is 578 g/mol. The van der Waals surface area contributed by atoms with Crippen LogP contribution in [0, 0.1) is 5.92 Å². The molecule has 0 aliphatic carbocycles. The molecule has 41 heavy (non-hydrogen) atoms. The van der Waals surface area contributed by atoms with Crippen molar-refractivity contribution >= 4 is 17.7 Å². The third-order valence-electron chi connectivity index (χ3n) is 7.06. The Kier molecular flexibility index (Phi) is 11.0. The fourth-order valence-electron chi connectivity index (χ4n) is 4.49. The van der Waals surface area contributed by atoms with Gasteiger partial charge in [0, 0.05) is 13.5 Å². The van der Waals surface area contributed by atoms with Gasteiger partial charge in [0.15, 0.2) is 0 Å². The van der Waals surface area contributed by atoms with Crippen molar-refractivity contribution in [1.29, 1.82) is 0 Å². The summed E-state index contributed by atoms with van der Waals surface area (Å²) in [6, 6.07) is 6.68. The molecule has 0 heterocycles. The maximum absolute atomic E-state index is 13.6. The molecule has 0 spiro atoms. The van der Waals surface area contributed by atoms with Crippen LogP contribution in [0.3, 0.4) is 0 Å². The summed E-state index contributed by atoms with van der Waals surface area (Å²) in [6.45, 7) is 9.32. The average Bonchev–Trinajstić information content (AvgIpc) is 2.87. The highest BCUT2D eigenvalue weighted by Crippen LogP contribution is 2.32. The first-order valence-electron chi connectivity index (χ1n) is 13.4. The lowest BCUT2D eigenvalue weighted by atomic mass is 9.84. The highest BCUT2D eigenvalue weighted by atomic mass is 19.4. The van der Waals surface area contributed by atoms with Gasteiger partial charge in [0.25, 0.3) is 0 Å². The summed E-state index contributed by atoms with van der Waals surface area (Å²) in [4.78, 5) is 40.4. The van der Waals surface area contributed by atoms with Crippen LogP contribution >= 0.6 is 0 Å². The van der Waals surface area contributed by atoms with E-state index >= 15 is 0 Å². The predicted octanol–water partition coefficient (Wildman–Crippen LogP) is 3.53. The van der Waals surface area contributed by atoms with Crippen molar-refractivity contribution in [2.75, 3.05) is 14.1 Å². The summed E-state index contributed by atoms with van der Waals surface area (Å²) >= 11 is 0. The fraction of sp³-hybridized carbons (Fsp3) is 0.500. The minimum Gasteiger partial charge on any atom is -0.508 e. The maximum Gasteiger partial charge on any atom is 0.416 e. The van der Waals surface area contributed by atoms with Crippen LogP contribution in [0.2, 0.25) is 0 Å². The molecule has 0 aromatic heterocycles. The smallest absolute Gasteiger partial charge is 0.416 e. The zero-order chi connectivity index (χ0) is 31.3. The van der Waals surface area contributed by atoms with Crippen LogP contribution in [-0.4, -0.2) is 59.9 Å². The number of carbonyl (C=O) groups is 3. The number of likely N-dealkylation sites (N-methyl/N-ethyl adjacent to an activating group) is 2. The lowest BCUT2D eigenvalue weighted by Crippen LogP contribution is -2.58. The summed E-state index contributed by atoms with van der Waals surface area (Å²) in [5.74, 6) is -1.99. The van der Waals surface area contributed by atoms with Gasteiger partial charge >= 0.3 is 6.18 Å². The normalized spacial score (nSPS) is 14.3. The Morgan fingerprint density at radius 3 is 2.00 bits per heavy atom. The Morgan fingerprint density at radius 2 is 1.54 bits per heavy atom. The topological polar surface area (TPSA) is 125 Å². The van der Waals surface area contributed by atoms with Crippen LogP contribution < -0.4 is 16.4 Å². The van der Waals surface area contributed by atoms with E-state index in [1.165, 1.54) is 24.1 Å². The van der Waals surface area contributed by atoms with Gasteiger partial charge in [0.1, 0.15) is 17.8 Å². The van der Waals surface area contributed by atoms with Gasteiger partial charge in [-0.15, -0.1) is 0 Å². The molecule has 2 aromatic carbocycles. The van der Waals surface area contributed by atoms with E-state index in [2.05, 4.69) is 10.6 Å². The molecule has 0 radical (unpaired) electrons. The number of aromatic hydroxyl groups is 1. The Balaban J connectivity index is 2.21. The summed E-state index contributed by atoms with van der Waals surface area (Å²) < 4.78 is 38.7. The molecular weight excluding hydrogens is 537 g/mol. The number of phenols is 1. The van der Waals surface area contributed by atoms with Crippen LogP contribution in [-0.2, 0) is 38.8 Å². The Morgan fingerprint density at radius 1 is 0.976 bits per heavy atom. The highest BCUT2D eigenvalue weighted by Gasteiger charge is 2.35. The van der Waals surface area contributed by atoms with E-state index in [-0.39, 0.29) is 29.9 Å². The standard InChI is InChI=1S/C30H41F3N4O4/c1-17(2)25(36-27(40)22(35-6)15-18-8-11-20(12-9-18)30(31,32)33)28(41)37(7)23(26(34)39)16-19-10-13-24(38)21(14-19)29(3,4)5/h8-14,17,22-23,25,35,38H,15-16H2,1-7H3,(H2,34,39)(H,36,40)/t22?,23-,25-/m0/s1. The van der Waals surface area contributed by atoms with E-state index in [1.54, 1.807) is 39.1 Å². The summed E-state index contributed by atoms with van der Waals surface area (Å²) in [5.41, 5.74) is 6.45. The first-order valence-corrected chi connectivity index (χ1v) is 13.4. The second-order valence-corrected chi connectivity index (χ2v) is 11.6. The molecular formula is C30H41F3N4O4. The number of amides is 3. The second kappa shape index (κ2) is 13.4. The molecule has 0 saturated heterocycles. The molecule has 0 saturated carbocycles. The van der Waals surface area contributed by atoms with Crippen LogP contribution in [0.25, 0.3) is 0 Å². The van der Waals surface area contributed by atoms with Gasteiger partial charge in [-0.25, -0.2) is 0 Å². The first-order chi connectivity index (χ1) is 18.9. The Bertz CT molecular complexity index is 1220. The van der Waals surface area contributed by atoms with Crippen molar-refractivity contribution < 1.29 is 32.7 Å². The molecule has 5 N–H and O–H groups in total. The number of carbonyl (C=O) groups excluding carboxylic acids is 3. The van der Waals surface area contributed by atoms with Gasteiger partial charge in [-0.2, -0.15) is 13.2 Å². The molecule has 1 unspecified atom stereocenters. The van der Waals surface area contributed by atoms with Crippen LogP contribution in [0.15, 0.2) is 42.5 Å². The minimum atomic E-state index is -4.46. The number of halogens is 3. The van der Waals surface area contributed by atoms with Gasteiger partial charge in [0.2, 0.25) is 17.7 Å². The SMILES string of the molecule is CNC(Cc1ccc(C(F)(F)F)cc1)C(=O)N[C@H](C(=O)N(C)[C@@H](Cc1ccc(O)c(C(C)(C)C)c1)C(N)=O)C(C)C. The third-order valence-corrected chi connectivity index (χ3v) is 7.06. The molecule has 0 fully saturated rings. The second-order valence-electron chi connectivity index (χ2n) is 11.6. The van der Waals surface area contributed by atoms with Crippen molar-refractivity contribution in [3.63, 3.8) is 0 Å². The molecule has 3 amide bonds. The number of nitrogens with one attached hydrogen (secondary N) is 2. The highest BCUT2D eigenvalue weighted by molar-refractivity contribution is 5.93. The van der Waals surface area contributed by atoms with Crippen molar-refractivity contribution in [3.05, 3.63) is 64.7 Å². The Hall–Kier alpha value is -3.60. The zero-order valence-corrected chi connectivity index (χ0v) is 24.6. The number of primary amides is 1. The maximum atomic E-state index is 13.6. The minimum absolute atomic E-state index is 0.0934. The molecule has 3 atom stereocenters. The number of phenolic OH excluding ortho intramolecular Hbond substituents is 1. The van der Waals surface area contributed by atoms with Gasteiger partial charge in [0.05, 0.1) is 11.6 Å².